The Balaban J connectivity index is 1.33. The lowest BCUT2D eigenvalue weighted by Crippen LogP contribution is -2.48. The van der Waals surface area contributed by atoms with Crippen LogP contribution in [-0.4, -0.2) is 68.3 Å². The maximum Gasteiger partial charge on any atom is 0.253 e. The number of hydrogen-bond acceptors (Lipinski definition) is 7. The minimum atomic E-state index is -0.383. The summed E-state index contributed by atoms with van der Waals surface area (Å²) in [4.78, 5) is 21.5. The fraction of sp³-hybridized carbons (Fsp3) is 0.312. The van der Waals surface area contributed by atoms with Gasteiger partial charge in [0.1, 0.15) is 11.8 Å². The predicted molar refractivity (Wildman–Crippen MR) is 159 cm³/mol. The fourth-order valence-electron chi connectivity index (χ4n) is 5.68. The van der Waals surface area contributed by atoms with E-state index >= 15 is 0 Å². The molecule has 1 N–H and O–H groups in total. The number of H-pyrrole nitrogens is 1. The minimum Gasteiger partial charge on any atom is -0.497 e. The van der Waals surface area contributed by atoms with Gasteiger partial charge in [-0.1, -0.05) is 55.5 Å². The summed E-state index contributed by atoms with van der Waals surface area (Å²) >= 11 is 0. The second-order valence-corrected chi connectivity index (χ2v) is 10.6. The zero-order valence-electron chi connectivity index (χ0n) is 23.5. The number of aromatic nitrogens is 5. The quantitative estimate of drug-likeness (QED) is 0.297. The van der Waals surface area contributed by atoms with Crippen molar-refractivity contribution in [1.82, 2.24) is 35.0 Å². The van der Waals surface area contributed by atoms with Crippen LogP contribution in [0, 0.1) is 0 Å². The van der Waals surface area contributed by atoms with E-state index in [1.165, 1.54) is 11.1 Å². The fourth-order valence-corrected chi connectivity index (χ4v) is 5.68. The molecule has 1 aliphatic rings. The average Bonchev–Trinajstić information content (AvgIpc) is 3.46. The van der Waals surface area contributed by atoms with Gasteiger partial charge in [0.2, 0.25) is 0 Å². The van der Waals surface area contributed by atoms with Crippen LogP contribution in [-0.2, 0) is 19.5 Å². The molecule has 5 aromatic rings. The normalized spacial score (nSPS) is 15.3. The summed E-state index contributed by atoms with van der Waals surface area (Å²) in [5.74, 6) is 1.54. The number of tetrazole rings is 1. The molecule has 1 aliphatic heterocycles. The van der Waals surface area contributed by atoms with Crippen LogP contribution in [0.5, 0.6) is 5.75 Å². The molecule has 0 unspecified atom stereocenters. The van der Waals surface area contributed by atoms with Crippen molar-refractivity contribution in [3.8, 4) is 5.75 Å². The lowest BCUT2D eigenvalue weighted by molar-refractivity contribution is 0.0998. The van der Waals surface area contributed by atoms with Crippen LogP contribution in [0.1, 0.15) is 41.0 Å². The van der Waals surface area contributed by atoms with Gasteiger partial charge in [-0.25, -0.2) is 4.68 Å². The van der Waals surface area contributed by atoms with Crippen LogP contribution in [0.2, 0.25) is 0 Å². The number of aromatic amines is 1. The summed E-state index contributed by atoms with van der Waals surface area (Å²) in [6.45, 7) is 6.79. The Morgan fingerprint density at radius 3 is 2.46 bits per heavy atom. The highest BCUT2D eigenvalue weighted by atomic mass is 16.5. The van der Waals surface area contributed by atoms with Crippen LogP contribution in [0.25, 0.3) is 10.9 Å². The van der Waals surface area contributed by atoms with Crippen molar-refractivity contribution < 1.29 is 4.74 Å². The van der Waals surface area contributed by atoms with Crippen molar-refractivity contribution >= 4 is 10.9 Å². The van der Waals surface area contributed by atoms with E-state index in [1.54, 1.807) is 7.11 Å². The average molecular weight is 550 g/mol. The number of pyridine rings is 1. The summed E-state index contributed by atoms with van der Waals surface area (Å²) in [5.41, 5.74) is 4.94. The van der Waals surface area contributed by atoms with E-state index in [4.69, 9.17) is 4.74 Å². The van der Waals surface area contributed by atoms with E-state index in [-0.39, 0.29) is 11.6 Å². The summed E-state index contributed by atoms with van der Waals surface area (Å²) in [5, 5.41) is 13.9. The number of benzene rings is 3. The third-order valence-corrected chi connectivity index (χ3v) is 7.93. The van der Waals surface area contributed by atoms with Crippen LogP contribution < -0.4 is 10.3 Å². The molecular weight excluding hydrogens is 514 g/mol. The third-order valence-electron chi connectivity index (χ3n) is 7.93. The molecule has 0 radical (unpaired) electrons. The maximum atomic E-state index is 13.6. The Morgan fingerprint density at radius 2 is 1.68 bits per heavy atom. The van der Waals surface area contributed by atoms with E-state index in [2.05, 4.69) is 73.6 Å². The number of ether oxygens (including phenoxy) is 1. The van der Waals surface area contributed by atoms with Crippen molar-refractivity contribution in [3.05, 3.63) is 117 Å². The minimum absolute atomic E-state index is 0.111. The molecule has 1 atom stereocenters. The number of aryl methyl sites for hydroxylation is 1. The molecule has 3 aromatic carbocycles. The number of fused-ring (bicyclic) bond motifs is 1. The zero-order valence-corrected chi connectivity index (χ0v) is 23.5. The van der Waals surface area contributed by atoms with E-state index in [0.717, 1.165) is 61.4 Å². The Hall–Kier alpha value is -4.34. The van der Waals surface area contributed by atoms with Gasteiger partial charge in [-0.15, -0.1) is 5.10 Å². The predicted octanol–water partition coefficient (Wildman–Crippen LogP) is 4.04. The topological polar surface area (TPSA) is 92.2 Å². The van der Waals surface area contributed by atoms with Gasteiger partial charge in [-0.3, -0.25) is 14.6 Å². The molecule has 1 saturated heterocycles. The maximum absolute atomic E-state index is 13.6. The standard InChI is InChI=1S/C32H35N7O2/c1-3-23-12-13-29-26(18-23)20-28(32(40)33-29)30(31-34-35-36-39(31)22-24-8-5-4-6-9-24)38-16-14-37(15-17-38)21-25-10-7-11-27(19-25)41-2/h4-13,18-20,30H,3,14-17,21-22H2,1-2H3,(H,33,40)/t30-/m1/s1. The highest BCUT2D eigenvalue weighted by Gasteiger charge is 2.32. The zero-order chi connectivity index (χ0) is 28.2. The number of hydrogen-bond donors (Lipinski definition) is 1. The third kappa shape index (κ3) is 5.91. The van der Waals surface area contributed by atoms with Gasteiger partial charge in [0.15, 0.2) is 5.82 Å². The number of methoxy groups -OCH3 is 1. The highest BCUT2D eigenvalue weighted by molar-refractivity contribution is 5.80. The molecule has 0 saturated carbocycles. The summed E-state index contributed by atoms with van der Waals surface area (Å²) in [7, 11) is 1.70. The van der Waals surface area contributed by atoms with Crippen molar-refractivity contribution in [2.24, 2.45) is 0 Å². The number of nitrogens with zero attached hydrogens (tertiary/aromatic N) is 6. The molecule has 9 nitrogen and oxygen atoms in total. The molecule has 1 fully saturated rings. The summed E-state index contributed by atoms with van der Waals surface area (Å²) in [6, 6.07) is 26.2. The molecule has 6 rings (SSSR count). The van der Waals surface area contributed by atoms with E-state index < -0.39 is 0 Å². The van der Waals surface area contributed by atoms with Crippen LogP contribution in [0.15, 0.2) is 83.7 Å². The second kappa shape index (κ2) is 12.0. The summed E-state index contributed by atoms with van der Waals surface area (Å²) in [6.07, 6.45) is 0.929. The van der Waals surface area contributed by atoms with Gasteiger partial charge >= 0.3 is 0 Å². The summed E-state index contributed by atoms with van der Waals surface area (Å²) < 4.78 is 7.24. The van der Waals surface area contributed by atoms with Gasteiger partial charge in [0.25, 0.3) is 5.56 Å². The first-order chi connectivity index (χ1) is 20.1. The largest absolute Gasteiger partial charge is 0.497 e. The van der Waals surface area contributed by atoms with Crippen molar-refractivity contribution in [1.29, 1.82) is 0 Å². The van der Waals surface area contributed by atoms with E-state index in [0.29, 0.717) is 17.9 Å². The molecule has 0 spiro atoms. The van der Waals surface area contributed by atoms with Gasteiger partial charge in [-0.2, -0.15) is 0 Å². The number of piperazine rings is 1. The lowest BCUT2D eigenvalue weighted by Gasteiger charge is -2.38. The molecule has 0 amide bonds. The molecule has 0 aliphatic carbocycles. The van der Waals surface area contributed by atoms with Crippen LogP contribution >= 0.6 is 0 Å². The lowest BCUT2D eigenvalue weighted by atomic mass is 10.0. The van der Waals surface area contributed by atoms with Gasteiger partial charge in [-0.05, 0) is 69.3 Å². The Labute approximate surface area is 239 Å². The first kappa shape index (κ1) is 26.9. The molecule has 210 valence electrons. The van der Waals surface area contributed by atoms with Gasteiger partial charge < -0.3 is 9.72 Å². The Kier molecular flexibility index (Phi) is 7.89. The van der Waals surface area contributed by atoms with Crippen LogP contribution in [0.3, 0.4) is 0 Å². The first-order valence-corrected chi connectivity index (χ1v) is 14.2. The van der Waals surface area contributed by atoms with Crippen LogP contribution in [0.4, 0.5) is 0 Å². The van der Waals surface area contributed by atoms with Gasteiger partial charge in [0.05, 0.1) is 13.7 Å². The van der Waals surface area contributed by atoms with Crippen molar-refractivity contribution in [3.63, 3.8) is 0 Å². The van der Waals surface area contributed by atoms with Crippen molar-refractivity contribution in [2.75, 3.05) is 33.3 Å². The molecule has 9 heteroatoms. The first-order valence-electron chi connectivity index (χ1n) is 14.2. The highest BCUT2D eigenvalue weighted by Crippen LogP contribution is 2.29. The molecular formula is C32H35N7O2. The SMILES string of the molecule is CCc1ccc2[nH]c(=O)c([C@H](c3nnnn3Cc3ccccc3)N3CCN(Cc4cccc(OC)c4)CC3)cc2c1. The molecule has 41 heavy (non-hydrogen) atoms. The van der Waals surface area contributed by atoms with Crippen molar-refractivity contribution in [2.45, 2.75) is 32.5 Å². The molecule has 3 heterocycles. The second-order valence-electron chi connectivity index (χ2n) is 10.6. The Morgan fingerprint density at radius 1 is 0.878 bits per heavy atom. The monoisotopic (exact) mass is 549 g/mol. The molecule has 0 bridgehead atoms. The van der Waals surface area contributed by atoms with Gasteiger partial charge in [0, 0.05) is 43.8 Å². The number of rotatable bonds is 9. The van der Waals surface area contributed by atoms with E-state index in [9.17, 15) is 4.79 Å². The smallest absolute Gasteiger partial charge is 0.253 e. The molecule has 2 aromatic heterocycles. The Bertz CT molecular complexity index is 1670. The number of nitrogens with one attached hydrogen (secondary N) is 1. The van der Waals surface area contributed by atoms with E-state index in [1.807, 2.05) is 47.1 Å².